The van der Waals surface area contributed by atoms with E-state index in [0.29, 0.717) is 32.7 Å². The Labute approximate surface area is 374 Å². The average Bonchev–Trinajstić information content (AvgIpc) is 3.22. The lowest BCUT2D eigenvalue weighted by Crippen LogP contribution is -2.11. The summed E-state index contributed by atoms with van der Waals surface area (Å²) in [5.74, 6) is 0.413. The van der Waals surface area contributed by atoms with Crippen molar-refractivity contribution in [2.75, 3.05) is 6.26 Å². The summed E-state index contributed by atoms with van der Waals surface area (Å²) in [7, 11) is -11.8. The van der Waals surface area contributed by atoms with Crippen LogP contribution in [-0.2, 0) is 30.4 Å². The molecule has 0 aliphatic rings. The van der Waals surface area contributed by atoms with E-state index in [4.69, 9.17) is 12.5 Å². The molecule has 65 heavy (non-hydrogen) atoms. The standard InChI is InChI=1S/C18H15NO5S.C13H11NO5S.C12H11NO5S.CH4/c1-12-7-9-14(10-8-12)25(22,23)24-18-13(2)11-17(19(20)21)15-5-3-4-6-16(15)18;1-10-9-11(14(15)16)7-8-13(10)20(17,18)19-12-5-3-2-4-6-12;1-8-7-11(13(14)15)9-5-3-4-6-10(9)12(8)18-19(2,16)17;/h3-11H,1-2H3;2-9H,1H3;3-7H,1-2H3;1H4. The van der Waals surface area contributed by atoms with Gasteiger partial charge in [-0.15, -0.1) is 0 Å². The predicted octanol–water partition coefficient (Wildman–Crippen LogP) is 9.83. The number of non-ortho nitro benzene ring substituents is 3. The van der Waals surface area contributed by atoms with E-state index in [0.717, 1.165) is 17.9 Å². The number of hydrogen-bond donors (Lipinski definition) is 0. The zero-order valence-electron chi connectivity index (χ0n) is 34.4. The van der Waals surface area contributed by atoms with E-state index in [1.807, 2.05) is 6.92 Å². The number of benzene rings is 7. The Morgan fingerprint density at radius 3 is 1.34 bits per heavy atom. The minimum atomic E-state index is -4.05. The smallest absolute Gasteiger partial charge is 0.339 e. The summed E-state index contributed by atoms with van der Waals surface area (Å²) in [5.41, 5.74) is 1.63. The van der Waals surface area contributed by atoms with Crippen LogP contribution in [-0.4, -0.2) is 46.3 Å². The minimum Gasteiger partial charge on any atom is -0.382 e. The molecule has 0 spiro atoms. The van der Waals surface area contributed by atoms with Gasteiger partial charge >= 0.3 is 30.4 Å². The average molecular weight is 948 g/mol. The lowest BCUT2D eigenvalue weighted by atomic mass is 10.0. The number of aryl methyl sites for hydroxylation is 4. The Hall–Kier alpha value is -7.49. The van der Waals surface area contributed by atoms with E-state index in [2.05, 4.69) is 0 Å². The van der Waals surface area contributed by atoms with Crippen molar-refractivity contribution in [3.63, 3.8) is 0 Å². The van der Waals surface area contributed by atoms with Gasteiger partial charge < -0.3 is 12.5 Å². The second kappa shape index (κ2) is 20.3. The van der Waals surface area contributed by atoms with Gasteiger partial charge in [0.2, 0.25) is 0 Å². The number of nitrogens with zero attached hydrogens (tertiary/aromatic N) is 3. The van der Waals surface area contributed by atoms with Crippen molar-refractivity contribution in [2.24, 2.45) is 0 Å². The Kier molecular flexibility index (Phi) is 15.7. The normalized spacial score (nSPS) is 11.2. The minimum absolute atomic E-state index is 0. The summed E-state index contributed by atoms with van der Waals surface area (Å²) >= 11 is 0. The first-order valence-electron chi connectivity index (χ1n) is 18.5. The first-order chi connectivity index (χ1) is 30.0. The van der Waals surface area contributed by atoms with Crippen LogP contribution in [0.15, 0.2) is 143 Å². The molecule has 340 valence electrons. The van der Waals surface area contributed by atoms with Gasteiger partial charge in [-0.05, 0) is 75.7 Å². The number of fused-ring (bicyclic) bond motifs is 2. The molecule has 21 heteroatoms. The molecule has 0 atom stereocenters. The molecule has 0 bridgehead atoms. The summed E-state index contributed by atoms with van der Waals surface area (Å²) in [5, 5.41) is 34.4. The molecule has 18 nitrogen and oxygen atoms in total. The van der Waals surface area contributed by atoms with Gasteiger partial charge in [0, 0.05) is 46.2 Å². The van der Waals surface area contributed by atoms with Crippen molar-refractivity contribution in [3.05, 3.63) is 186 Å². The van der Waals surface area contributed by atoms with Crippen LogP contribution in [0.1, 0.15) is 29.7 Å². The van der Waals surface area contributed by atoms with Crippen molar-refractivity contribution < 1.29 is 52.6 Å². The molecule has 7 aromatic rings. The molecule has 0 aromatic heterocycles. The SMILES string of the molecule is C.Cc1cc([N+](=O)[O-])c2ccccc2c1OS(C)(=O)=O.Cc1cc([N+](=O)[O-])ccc1S(=O)(=O)Oc1ccccc1.Cc1ccc(S(=O)(=O)Oc2c(C)cc([N+](=O)[O-])c3ccccc23)cc1. The van der Waals surface area contributed by atoms with Crippen LogP contribution in [0.25, 0.3) is 21.5 Å². The van der Waals surface area contributed by atoms with Gasteiger partial charge in [-0.3, -0.25) is 30.3 Å². The van der Waals surface area contributed by atoms with Crippen LogP contribution in [0.2, 0.25) is 0 Å². The van der Waals surface area contributed by atoms with Crippen LogP contribution in [0, 0.1) is 58.0 Å². The zero-order chi connectivity index (χ0) is 47.1. The van der Waals surface area contributed by atoms with Crippen LogP contribution in [0.4, 0.5) is 17.1 Å². The molecule has 0 heterocycles. The lowest BCUT2D eigenvalue weighted by Gasteiger charge is -2.13. The molecule has 0 N–H and O–H groups in total. The van der Waals surface area contributed by atoms with E-state index in [1.54, 1.807) is 92.7 Å². The fraction of sp³-hybridized carbons (Fsp3) is 0.136. The van der Waals surface area contributed by atoms with E-state index in [1.165, 1.54) is 55.5 Å². The van der Waals surface area contributed by atoms with Gasteiger partial charge in [0.15, 0.2) is 11.5 Å². The van der Waals surface area contributed by atoms with Crippen molar-refractivity contribution in [2.45, 2.75) is 44.9 Å². The van der Waals surface area contributed by atoms with E-state index in [-0.39, 0.29) is 57.1 Å². The third-order valence-electron chi connectivity index (χ3n) is 9.04. The molecular formula is C44H41N3O15S3. The molecule has 0 amide bonds. The van der Waals surface area contributed by atoms with Crippen molar-refractivity contribution in [1.29, 1.82) is 0 Å². The van der Waals surface area contributed by atoms with Gasteiger partial charge in [0.1, 0.15) is 15.5 Å². The quantitative estimate of drug-likeness (QED) is 0.0663. The molecule has 7 rings (SSSR count). The second-order valence-corrected chi connectivity index (χ2v) is 18.5. The maximum absolute atomic E-state index is 12.6. The summed E-state index contributed by atoms with van der Waals surface area (Å²) < 4.78 is 87.1. The number of rotatable bonds is 11. The molecule has 7 aromatic carbocycles. The highest BCUT2D eigenvalue weighted by Gasteiger charge is 2.25. The third kappa shape index (κ3) is 12.4. The van der Waals surface area contributed by atoms with Crippen LogP contribution < -0.4 is 12.5 Å². The van der Waals surface area contributed by atoms with Gasteiger partial charge in [0.05, 0.1) is 31.8 Å². The topological polar surface area (TPSA) is 260 Å². The third-order valence-corrected chi connectivity index (χ3v) is 12.2. The first-order valence-corrected chi connectivity index (χ1v) is 23.1. The fourth-order valence-electron chi connectivity index (χ4n) is 6.14. The lowest BCUT2D eigenvalue weighted by molar-refractivity contribution is -0.385. The van der Waals surface area contributed by atoms with Crippen LogP contribution >= 0.6 is 0 Å². The van der Waals surface area contributed by atoms with Crippen molar-refractivity contribution in [1.82, 2.24) is 0 Å². The monoisotopic (exact) mass is 947 g/mol. The molecule has 0 saturated carbocycles. The molecule has 0 aliphatic heterocycles. The molecule has 0 unspecified atom stereocenters. The second-order valence-electron chi connectivity index (χ2n) is 13.9. The summed E-state index contributed by atoms with van der Waals surface area (Å²) in [6, 6.07) is 33.4. The van der Waals surface area contributed by atoms with Gasteiger partial charge in [0.25, 0.3) is 17.1 Å². The molecule has 0 aliphatic carbocycles. The number of nitro groups is 3. The molecule has 0 radical (unpaired) electrons. The highest BCUT2D eigenvalue weighted by atomic mass is 32.2. The van der Waals surface area contributed by atoms with E-state index >= 15 is 0 Å². The number of nitro benzene ring substituents is 3. The number of para-hydroxylation sites is 1. The largest absolute Gasteiger partial charge is 0.382 e. The van der Waals surface area contributed by atoms with Crippen molar-refractivity contribution >= 4 is 69.0 Å². The Morgan fingerprint density at radius 1 is 0.462 bits per heavy atom. The summed E-state index contributed by atoms with van der Waals surface area (Å²) in [6.45, 7) is 6.48. The Balaban J connectivity index is 0.000000214. The zero-order valence-corrected chi connectivity index (χ0v) is 36.8. The van der Waals surface area contributed by atoms with Gasteiger partial charge in [-0.1, -0.05) is 79.7 Å². The maximum atomic E-state index is 12.6. The summed E-state index contributed by atoms with van der Waals surface area (Å²) in [4.78, 5) is 31.3. The van der Waals surface area contributed by atoms with E-state index < -0.39 is 45.1 Å². The number of hydrogen-bond acceptors (Lipinski definition) is 15. The van der Waals surface area contributed by atoms with Crippen LogP contribution in [0.3, 0.4) is 0 Å². The Bertz CT molecular complexity index is 3270. The highest BCUT2D eigenvalue weighted by Crippen LogP contribution is 2.38. The Morgan fingerprint density at radius 2 is 0.908 bits per heavy atom. The van der Waals surface area contributed by atoms with Gasteiger partial charge in [-0.25, -0.2) is 0 Å². The molecular weight excluding hydrogens is 907 g/mol. The van der Waals surface area contributed by atoms with Gasteiger partial charge in [-0.2, -0.15) is 25.3 Å². The van der Waals surface area contributed by atoms with E-state index in [9.17, 15) is 55.6 Å². The maximum Gasteiger partial charge on any atom is 0.339 e. The molecule has 0 fully saturated rings. The first kappa shape index (κ1) is 50.2. The van der Waals surface area contributed by atoms with Crippen molar-refractivity contribution in [3.8, 4) is 17.2 Å². The fourth-order valence-corrected chi connectivity index (χ4v) is 8.82. The predicted molar refractivity (Wildman–Crippen MR) is 244 cm³/mol. The van der Waals surface area contributed by atoms with Crippen LogP contribution in [0.5, 0.6) is 17.2 Å². The molecule has 0 saturated heterocycles. The highest BCUT2D eigenvalue weighted by molar-refractivity contribution is 7.87. The summed E-state index contributed by atoms with van der Waals surface area (Å²) in [6.07, 6.45) is 0.933.